The zero-order valence-corrected chi connectivity index (χ0v) is 12.5. The Bertz CT molecular complexity index is 763. The molecular formula is C10H15N6O6P. The van der Waals surface area contributed by atoms with E-state index >= 15 is 0 Å². The number of nitrogens with one attached hydrogen (secondary N) is 1. The molecule has 0 radical (unpaired) electrons. The summed E-state index contributed by atoms with van der Waals surface area (Å²) >= 11 is 0. The summed E-state index contributed by atoms with van der Waals surface area (Å²) in [4.78, 5) is 29.5. The van der Waals surface area contributed by atoms with E-state index in [1.54, 1.807) is 0 Å². The molecule has 4 atom stereocenters. The van der Waals surface area contributed by atoms with Gasteiger partial charge in [0.2, 0.25) is 0 Å². The minimum Gasteiger partial charge on any atom is -0.387 e. The largest absolute Gasteiger partial charge is 0.400 e. The van der Waals surface area contributed by atoms with Crippen LogP contribution in [0.1, 0.15) is 6.23 Å². The van der Waals surface area contributed by atoms with E-state index in [9.17, 15) is 14.8 Å². The van der Waals surface area contributed by atoms with Gasteiger partial charge in [-0.25, -0.2) is 24.6 Å². The molecule has 13 heteroatoms. The number of nitrogens with two attached hydrogens (primary N) is 1. The maximum Gasteiger partial charge on any atom is 0.400 e. The van der Waals surface area contributed by atoms with Crippen molar-refractivity contribution in [3.63, 3.8) is 0 Å². The molecule has 0 unspecified atom stereocenters. The molecule has 0 spiro atoms. The molecule has 126 valence electrons. The molecule has 1 saturated heterocycles. The van der Waals surface area contributed by atoms with Gasteiger partial charge in [-0.05, 0) is 0 Å². The minimum atomic E-state index is -4.47. The average Bonchev–Trinajstić information content (AvgIpc) is 3.01. The van der Waals surface area contributed by atoms with E-state index in [4.69, 9.17) is 20.3 Å². The van der Waals surface area contributed by atoms with Crippen molar-refractivity contribution < 1.29 is 29.3 Å². The van der Waals surface area contributed by atoms with Crippen LogP contribution in [0.5, 0.6) is 0 Å². The summed E-state index contributed by atoms with van der Waals surface area (Å²) in [5.74, 6) is 0.154. The third-order valence-corrected chi connectivity index (χ3v) is 4.09. The van der Waals surface area contributed by atoms with Crippen molar-refractivity contribution >= 4 is 24.7 Å². The molecular weight excluding hydrogens is 331 g/mol. The first-order chi connectivity index (χ1) is 10.8. The lowest BCUT2D eigenvalue weighted by Crippen LogP contribution is -2.36. The Kier molecular flexibility index (Phi) is 4.06. The first-order valence-corrected chi connectivity index (χ1v) is 8.14. The van der Waals surface area contributed by atoms with E-state index in [-0.39, 0.29) is 12.4 Å². The summed E-state index contributed by atoms with van der Waals surface area (Å²) in [6, 6.07) is 0. The second-order valence-corrected chi connectivity index (χ2v) is 6.44. The number of anilines is 1. The van der Waals surface area contributed by atoms with Crippen molar-refractivity contribution in [1.82, 2.24) is 24.6 Å². The van der Waals surface area contributed by atoms with Gasteiger partial charge in [-0.1, -0.05) is 0 Å². The Labute approximate surface area is 129 Å². The number of aliphatic hydroxyl groups excluding tert-OH is 2. The first-order valence-electron chi connectivity index (χ1n) is 6.53. The van der Waals surface area contributed by atoms with Crippen LogP contribution in [0, 0.1) is 0 Å². The van der Waals surface area contributed by atoms with Crippen LogP contribution in [-0.4, -0.2) is 64.4 Å². The summed E-state index contributed by atoms with van der Waals surface area (Å²) in [5, 5.41) is 22.1. The zero-order valence-electron chi connectivity index (χ0n) is 11.6. The monoisotopic (exact) mass is 346 g/mol. The van der Waals surface area contributed by atoms with E-state index < -0.39 is 32.3 Å². The second kappa shape index (κ2) is 5.76. The molecule has 3 heterocycles. The van der Waals surface area contributed by atoms with Gasteiger partial charge in [0.05, 0.1) is 6.33 Å². The summed E-state index contributed by atoms with van der Waals surface area (Å²) in [6.07, 6.45) is -2.20. The maximum absolute atomic E-state index is 10.8. The molecule has 1 aliphatic rings. The predicted molar refractivity (Wildman–Crippen MR) is 75.7 cm³/mol. The predicted octanol–water partition coefficient (Wildman–Crippen LogP) is -2.29. The van der Waals surface area contributed by atoms with Gasteiger partial charge in [0.25, 0.3) is 0 Å². The van der Waals surface area contributed by atoms with Gasteiger partial charge in [-0.15, -0.1) is 0 Å². The molecule has 7 N–H and O–H groups in total. The van der Waals surface area contributed by atoms with E-state index in [2.05, 4.69) is 15.0 Å². The Morgan fingerprint density at radius 3 is 2.74 bits per heavy atom. The Hall–Kier alpha value is -1.66. The fraction of sp³-hybridized carbons (Fsp3) is 0.500. The van der Waals surface area contributed by atoms with Gasteiger partial charge in [-0.3, -0.25) is 4.57 Å². The van der Waals surface area contributed by atoms with Crippen LogP contribution in [0.3, 0.4) is 0 Å². The van der Waals surface area contributed by atoms with Crippen molar-refractivity contribution in [1.29, 1.82) is 0 Å². The molecule has 1 fully saturated rings. The van der Waals surface area contributed by atoms with Crippen LogP contribution in [0.4, 0.5) is 5.82 Å². The molecule has 0 saturated carbocycles. The summed E-state index contributed by atoms with van der Waals surface area (Å²) in [6.45, 7) is -0.344. The van der Waals surface area contributed by atoms with Crippen LogP contribution < -0.4 is 10.8 Å². The molecule has 0 amide bonds. The number of nitrogen functional groups attached to an aromatic ring is 1. The van der Waals surface area contributed by atoms with Crippen LogP contribution in [0.25, 0.3) is 11.2 Å². The molecule has 0 bridgehead atoms. The van der Waals surface area contributed by atoms with Gasteiger partial charge in [0.15, 0.2) is 17.7 Å². The van der Waals surface area contributed by atoms with E-state index in [1.165, 1.54) is 17.2 Å². The molecule has 2 aromatic heterocycles. The third kappa shape index (κ3) is 3.05. The van der Waals surface area contributed by atoms with Gasteiger partial charge in [-0.2, -0.15) is 0 Å². The van der Waals surface area contributed by atoms with Gasteiger partial charge in [0, 0.05) is 6.54 Å². The molecule has 2 aromatic rings. The van der Waals surface area contributed by atoms with Crippen LogP contribution >= 0.6 is 7.75 Å². The smallest absolute Gasteiger partial charge is 0.387 e. The first kappa shape index (κ1) is 16.2. The molecule has 12 nitrogen and oxygen atoms in total. The zero-order chi connectivity index (χ0) is 16.8. The van der Waals surface area contributed by atoms with Crippen molar-refractivity contribution in [3.8, 4) is 0 Å². The molecule has 0 aliphatic carbocycles. The number of imidazole rings is 1. The summed E-state index contributed by atoms with van der Waals surface area (Å²) in [7, 11) is -4.47. The Morgan fingerprint density at radius 2 is 2.04 bits per heavy atom. The highest BCUT2D eigenvalue weighted by Crippen LogP contribution is 2.34. The number of nitrogens with zero attached hydrogens (tertiary/aromatic N) is 4. The number of aliphatic hydroxyl groups is 2. The lowest BCUT2D eigenvalue weighted by atomic mass is 10.1. The van der Waals surface area contributed by atoms with E-state index in [1.807, 2.05) is 5.09 Å². The second-order valence-electron chi connectivity index (χ2n) is 5.04. The minimum absolute atomic E-state index is 0.154. The third-order valence-electron chi connectivity index (χ3n) is 3.50. The average molecular weight is 346 g/mol. The summed E-state index contributed by atoms with van der Waals surface area (Å²) < 4.78 is 17.7. The van der Waals surface area contributed by atoms with Crippen molar-refractivity contribution in [2.75, 3.05) is 12.3 Å². The van der Waals surface area contributed by atoms with Crippen LogP contribution in [0.15, 0.2) is 12.7 Å². The van der Waals surface area contributed by atoms with Gasteiger partial charge in [0.1, 0.15) is 30.2 Å². The molecule has 23 heavy (non-hydrogen) atoms. The standard InChI is InChI=1S/C10H15N6O6P/c11-8-5-9(13-2-12-8)16(3-14-5)10-7(18)6(17)4(22-10)1-15-23(19,20)21/h2-4,6-7,10,17-18H,1H2,(H2,11,12,13)(H3,15,19,20,21)/t4-,6-,7-,10-/m1/s1. The number of hydrogen-bond acceptors (Lipinski definition) is 8. The Balaban J connectivity index is 1.85. The number of ether oxygens (including phenoxy) is 1. The SMILES string of the molecule is Nc1ncnc2c1ncn2[C@@H]1O[C@H](CNP(=O)(O)O)[C@@H](O)[C@H]1O. The Morgan fingerprint density at radius 1 is 1.30 bits per heavy atom. The van der Waals surface area contributed by atoms with Crippen LogP contribution in [0.2, 0.25) is 0 Å². The highest BCUT2D eigenvalue weighted by atomic mass is 31.2. The van der Waals surface area contributed by atoms with Crippen molar-refractivity contribution in [3.05, 3.63) is 12.7 Å². The van der Waals surface area contributed by atoms with E-state index in [0.29, 0.717) is 11.2 Å². The normalized spacial score (nSPS) is 28.5. The molecule has 1 aliphatic heterocycles. The number of hydrogen-bond donors (Lipinski definition) is 6. The maximum atomic E-state index is 10.8. The quantitative estimate of drug-likeness (QED) is 0.327. The lowest BCUT2D eigenvalue weighted by Gasteiger charge is -2.16. The highest BCUT2D eigenvalue weighted by Gasteiger charge is 2.44. The van der Waals surface area contributed by atoms with Crippen molar-refractivity contribution in [2.24, 2.45) is 0 Å². The molecule has 3 rings (SSSR count). The van der Waals surface area contributed by atoms with E-state index in [0.717, 1.165) is 0 Å². The fourth-order valence-electron chi connectivity index (χ4n) is 2.39. The fourth-order valence-corrected chi connectivity index (χ4v) is 2.81. The lowest BCUT2D eigenvalue weighted by molar-refractivity contribution is -0.0333. The number of fused-ring (bicyclic) bond motifs is 1. The van der Waals surface area contributed by atoms with Crippen molar-refractivity contribution in [2.45, 2.75) is 24.5 Å². The highest BCUT2D eigenvalue weighted by molar-refractivity contribution is 7.49. The van der Waals surface area contributed by atoms with Crippen LogP contribution in [-0.2, 0) is 9.30 Å². The number of aromatic nitrogens is 4. The molecule has 0 aromatic carbocycles. The number of rotatable bonds is 4. The summed E-state index contributed by atoms with van der Waals surface area (Å²) in [5.41, 5.74) is 6.29. The van der Waals surface area contributed by atoms with Gasteiger partial charge >= 0.3 is 7.75 Å². The topological polar surface area (TPSA) is 189 Å². The van der Waals surface area contributed by atoms with Gasteiger partial charge < -0.3 is 30.5 Å².